The molecule has 94 valence electrons. The van der Waals surface area contributed by atoms with Crippen molar-refractivity contribution in [2.24, 2.45) is 0 Å². The highest BCUT2D eigenvalue weighted by Crippen LogP contribution is 2.30. The molecule has 0 aliphatic carbocycles. The molecule has 7 heteroatoms. The average Bonchev–Trinajstić information content (AvgIpc) is 2.19. The highest BCUT2D eigenvalue weighted by molar-refractivity contribution is 5.72. The maximum absolute atomic E-state index is 13.2. The molecule has 0 aliphatic rings. The first kappa shape index (κ1) is 13.4. The van der Waals surface area contributed by atoms with Crippen molar-refractivity contribution < 1.29 is 32.6 Å². The van der Waals surface area contributed by atoms with E-state index in [1.54, 1.807) is 0 Å². The third-order valence-corrected chi connectivity index (χ3v) is 2.08. The quantitative estimate of drug-likeness (QED) is 0.807. The Morgan fingerprint density at radius 2 is 1.94 bits per heavy atom. The summed E-state index contributed by atoms with van der Waals surface area (Å²) in [7, 11) is 0. The standard InChI is InChI=1S/C10H8F4O3/c11-7-4-6(10(12,13)14)2-1-5(7)3-8(15)9(16)17/h1-2,4,8,15H,3H2,(H,16,17). The lowest BCUT2D eigenvalue weighted by molar-refractivity contribution is -0.146. The molecule has 0 radical (unpaired) electrons. The zero-order valence-electron chi connectivity index (χ0n) is 8.33. The Labute approximate surface area is 93.3 Å². The van der Waals surface area contributed by atoms with Gasteiger partial charge in [0, 0.05) is 6.42 Å². The number of halogens is 4. The second-order valence-electron chi connectivity index (χ2n) is 3.36. The van der Waals surface area contributed by atoms with Crippen LogP contribution in [-0.4, -0.2) is 22.3 Å². The van der Waals surface area contributed by atoms with Gasteiger partial charge in [0.25, 0.3) is 0 Å². The average molecular weight is 252 g/mol. The van der Waals surface area contributed by atoms with Crippen molar-refractivity contribution in [2.45, 2.75) is 18.7 Å². The Morgan fingerprint density at radius 1 is 1.35 bits per heavy atom. The topological polar surface area (TPSA) is 57.5 Å². The van der Waals surface area contributed by atoms with Crippen LogP contribution < -0.4 is 0 Å². The third kappa shape index (κ3) is 3.42. The number of carboxylic acids is 1. The Morgan fingerprint density at radius 3 is 2.35 bits per heavy atom. The Balaban J connectivity index is 2.95. The monoisotopic (exact) mass is 252 g/mol. The number of hydrogen-bond donors (Lipinski definition) is 2. The van der Waals surface area contributed by atoms with Gasteiger partial charge >= 0.3 is 12.1 Å². The van der Waals surface area contributed by atoms with Crippen molar-refractivity contribution in [3.8, 4) is 0 Å². The summed E-state index contributed by atoms with van der Waals surface area (Å²) in [5.74, 6) is -2.76. The van der Waals surface area contributed by atoms with Crippen molar-refractivity contribution >= 4 is 5.97 Å². The first-order valence-corrected chi connectivity index (χ1v) is 4.48. The van der Waals surface area contributed by atoms with Crippen molar-refractivity contribution in [1.82, 2.24) is 0 Å². The van der Waals surface area contributed by atoms with Crippen molar-refractivity contribution in [3.63, 3.8) is 0 Å². The Bertz CT molecular complexity index is 428. The van der Waals surface area contributed by atoms with Gasteiger partial charge in [0.05, 0.1) is 5.56 Å². The number of alkyl halides is 3. The van der Waals surface area contributed by atoms with Crippen LogP contribution in [0, 0.1) is 5.82 Å². The van der Waals surface area contributed by atoms with Gasteiger partial charge in [-0.15, -0.1) is 0 Å². The predicted octanol–water partition coefficient (Wildman–Crippen LogP) is 1.83. The maximum Gasteiger partial charge on any atom is 0.416 e. The number of aliphatic carboxylic acids is 1. The number of hydrogen-bond acceptors (Lipinski definition) is 2. The highest BCUT2D eigenvalue weighted by atomic mass is 19.4. The van der Waals surface area contributed by atoms with Gasteiger partial charge in [-0.05, 0) is 17.7 Å². The summed E-state index contributed by atoms with van der Waals surface area (Å²) in [5.41, 5.74) is -1.45. The van der Waals surface area contributed by atoms with Crippen LogP contribution in [0.25, 0.3) is 0 Å². The fourth-order valence-corrected chi connectivity index (χ4v) is 1.18. The largest absolute Gasteiger partial charge is 0.479 e. The zero-order valence-corrected chi connectivity index (χ0v) is 8.33. The molecule has 2 N–H and O–H groups in total. The van der Waals surface area contributed by atoms with Gasteiger partial charge in [-0.3, -0.25) is 0 Å². The summed E-state index contributed by atoms with van der Waals surface area (Å²) in [6.45, 7) is 0. The number of carboxylic acid groups (broad SMARTS) is 1. The van der Waals surface area contributed by atoms with E-state index in [1.165, 1.54) is 0 Å². The van der Waals surface area contributed by atoms with E-state index < -0.39 is 36.1 Å². The number of aliphatic hydroxyl groups is 1. The summed E-state index contributed by atoms with van der Waals surface area (Å²) in [6, 6.07) is 1.71. The lowest BCUT2D eigenvalue weighted by atomic mass is 10.0. The lowest BCUT2D eigenvalue weighted by Crippen LogP contribution is -2.22. The van der Waals surface area contributed by atoms with Gasteiger partial charge in [0.2, 0.25) is 0 Å². The van der Waals surface area contributed by atoms with Crippen LogP contribution in [0.3, 0.4) is 0 Å². The third-order valence-electron chi connectivity index (χ3n) is 2.08. The molecule has 0 fully saturated rings. The predicted molar refractivity (Wildman–Crippen MR) is 48.7 cm³/mol. The summed E-state index contributed by atoms with van der Waals surface area (Å²) >= 11 is 0. The van der Waals surface area contributed by atoms with Gasteiger partial charge in [-0.1, -0.05) is 6.07 Å². The minimum Gasteiger partial charge on any atom is -0.479 e. The summed E-state index contributed by atoms with van der Waals surface area (Å²) in [6.07, 6.45) is -7.09. The van der Waals surface area contributed by atoms with Gasteiger partial charge in [-0.2, -0.15) is 13.2 Å². The van der Waals surface area contributed by atoms with Crippen molar-refractivity contribution in [1.29, 1.82) is 0 Å². The summed E-state index contributed by atoms with van der Waals surface area (Å²) in [5, 5.41) is 17.3. The maximum atomic E-state index is 13.2. The molecular formula is C10H8F4O3. The number of aliphatic hydroxyl groups excluding tert-OH is 1. The first-order chi connectivity index (χ1) is 7.71. The highest BCUT2D eigenvalue weighted by Gasteiger charge is 2.31. The Kier molecular flexibility index (Phi) is 3.72. The lowest BCUT2D eigenvalue weighted by Gasteiger charge is -2.10. The van der Waals surface area contributed by atoms with Gasteiger partial charge in [0.15, 0.2) is 6.10 Å². The normalized spacial score (nSPS) is 13.5. The number of benzene rings is 1. The van der Waals surface area contributed by atoms with Crippen LogP contribution in [0.1, 0.15) is 11.1 Å². The molecular weight excluding hydrogens is 244 g/mol. The van der Waals surface area contributed by atoms with Crippen LogP contribution >= 0.6 is 0 Å². The number of carbonyl (C=O) groups is 1. The van der Waals surface area contributed by atoms with Crippen LogP contribution in [0.4, 0.5) is 17.6 Å². The SMILES string of the molecule is O=C(O)C(O)Cc1ccc(C(F)(F)F)cc1F. The molecule has 1 aromatic rings. The molecule has 0 bridgehead atoms. The van der Waals surface area contributed by atoms with Crippen molar-refractivity contribution in [3.05, 3.63) is 35.1 Å². The van der Waals surface area contributed by atoms with Crippen LogP contribution in [0.2, 0.25) is 0 Å². The summed E-state index contributed by atoms with van der Waals surface area (Å²) < 4.78 is 49.7. The number of rotatable bonds is 3. The molecule has 0 aromatic heterocycles. The first-order valence-electron chi connectivity index (χ1n) is 4.48. The molecule has 0 spiro atoms. The van der Waals surface area contributed by atoms with Crippen molar-refractivity contribution in [2.75, 3.05) is 0 Å². The van der Waals surface area contributed by atoms with E-state index in [-0.39, 0.29) is 11.6 Å². The molecule has 3 nitrogen and oxygen atoms in total. The van der Waals surface area contributed by atoms with Crippen LogP contribution in [0.15, 0.2) is 18.2 Å². The van der Waals surface area contributed by atoms with E-state index in [0.717, 1.165) is 6.07 Å². The van der Waals surface area contributed by atoms with E-state index >= 15 is 0 Å². The molecule has 0 aliphatic heterocycles. The van der Waals surface area contributed by atoms with E-state index in [4.69, 9.17) is 10.2 Å². The molecule has 17 heavy (non-hydrogen) atoms. The van der Waals surface area contributed by atoms with Gasteiger partial charge < -0.3 is 10.2 Å². The van der Waals surface area contributed by atoms with Gasteiger partial charge in [0.1, 0.15) is 5.82 Å². The fourth-order valence-electron chi connectivity index (χ4n) is 1.18. The second kappa shape index (κ2) is 4.70. The van der Waals surface area contributed by atoms with E-state index in [0.29, 0.717) is 6.07 Å². The second-order valence-corrected chi connectivity index (χ2v) is 3.36. The van der Waals surface area contributed by atoms with E-state index in [1.807, 2.05) is 0 Å². The smallest absolute Gasteiger partial charge is 0.416 e. The molecule has 0 saturated carbocycles. The zero-order chi connectivity index (χ0) is 13.2. The molecule has 0 saturated heterocycles. The molecule has 1 unspecified atom stereocenters. The van der Waals surface area contributed by atoms with Crippen LogP contribution in [-0.2, 0) is 17.4 Å². The molecule has 0 heterocycles. The van der Waals surface area contributed by atoms with E-state index in [2.05, 4.69) is 0 Å². The van der Waals surface area contributed by atoms with Gasteiger partial charge in [-0.25, -0.2) is 9.18 Å². The minimum atomic E-state index is -4.66. The molecule has 1 rings (SSSR count). The van der Waals surface area contributed by atoms with Crippen LogP contribution in [0.5, 0.6) is 0 Å². The molecule has 0 amide bonds. The Hall–Kier alpha value is -1.63. The fraction of sp³-hybridized carbons (Fsp3) is 0.300. The summed E-state index contributed by atoms with van der Waals surface area (Å²) in [4.78, 5) is 10.3. The molecule has 1 aromatic carbocycles. The molecule has 1 atom stereocenters. The van der Waals surface area contributed by atoms with E-state index in [9.17, 15) is 22.4 Å². The minimum absolute atomic E-state index is 0.268.